The standard InChI is InChI=1S/C6H13NO4S.Ca.2H/c1-6(12(8,9)10)7-2-4-11-5-3-7;;;/h6H,2-5H2,1H3,(H,8,9,10);;;/q;+2;2*-1. The Kier molecular flexibility index (Phi) is 6.34. The smallest absolute Gasteiger partial charge is 1.00 e. The van der Waals surface area contributed by atoms with Crippen molar-refractivity contribution in [2.75, 3.05) is 26.3 Å². The Hall–Kier alpha value is 1.09. The van der Waals surface area contributed by atoms with E-state index in [4.69, 9.17) is 9.29 Å². The molecule has 0 aliphatic carbocycles. The van der Waals surface area contributed by atoms with E-state index in [0.29, 0.717) is 26.3 Å². The van der Waals surface area contributed by atoms with Crippen LogP contribution in [0.3, 0.4) is 0 Å². The average molecular weight is 237 g/mol. The van der Waals surface area contributed by atoms with Crippen LogP contribution >= 0.6 is 0 Å². The number of hydrogen-bond donors (Lipinski definition) is 1. The maximum Gasteiger partial charge on any atom is 2.00 e. The van der Waals surface area contributed by atoms with Crippen molar-refractivity contribution in [3.8, 4) is 0 Å². The van der Waals surface area contributed by atoms with Gasteiger partial charge in [-0.3, -0.25) is 9.45 Å². The first-order valence-electron chi connectivity index (χ1n) is 3.80. The van der Waals surface area contributed by atoms with Gasteiger partial charge in [-0.1, -0.05) is 0 Å². The van der Waals surface area contributed by atoms with Gasteiger partial charge in [0.2, 0.25) is 0 Å². The van der Waals surface area contributed by atoms with Crippen molar-refractivity contribution in [3.05, 3.63) is 0 Å². The van der Waals surface area contributed by atoms with Crippen LogP contribution in [0.2, 0.25) is 0 Å². The normalized spacial score (nSPS) is 22.0. The summed E-state index contributed by atoms with van der Waals surface area (Å²) < 4.78 is 35.2. The van der Waals surface area contributed by atoms with Crippen molar-refractivity contribution >= 4 is 47.9 Å². The summed E-state index contributed by atoms with van der Waals surface area (Å²) in [6, 6.07) is 0. The van der Waals surface area contributed by atoms with E-state index in [0.717, 1.165) is 0 Å². The van der Waals surface area contributed by atoms with Gasteiger partial charge in [0.25, 0.3) is 10.1 Å². The van der Waals surface area contributed by atoms with Gasteiger partial charge in [-0.25, -0.2) is 0 Å². The fourth-order valence-electron chi connectivity index (χ4n) is 1.13. The minimum absolute atomic E-state index is 0. The van der Waals surface area contributed by atoms with Crippen LogP contribution in [0.25, 0.3) is 0 Å². The first kappa shape index (κ1) is 14.1. The molecular weight excluding hydrogens is 222 g/mol. The molecule has 1 aliphatic heterocycles. The third kappa shape index (κ3) is 4.42. The fourth-order valence-corrected chi connectivity index (χ4v) is 1.72. The molecule has 76 valence electrons. The van der Waals surface area contributed by atoms with Gasteiger partial charge in [0.05, 0.1) is 13.2 Å². The van der Waals surface area contributed by atoms with Crippen LogP contribution in [0.4, 0.5) is 0 Å². The molecule has 1 unspecified atom stereocenters. The van der Waals surface area contributed by atoms with Crippen molar-refractivity contribution in [2.24, 2.45) is 0 Å². The van der Waals surface area contributed by atoms with Gasteiger partial charge in [0.15, 0.2) is 0 Å². The monoisotopic (exact) mass is 237 g/mol. The van der Waals surface area contributed by atoms with Crippen molar-refractivity contribution in [2.45, 2.75) is 12.3 Å². The van der Waals surface area contributed by atoms with E-state index in [-0.39, 0.29) is 40.6 Å². The zero-order chi connectivity index (χ0) is 9.19. The number of rotatable bonds is 2. The molecule has 1 rings (SSSR count). The molecule has 7 heteroatoms. The molecule has 0 amide bonds. The molecular formula is C6H15CaNO4S. The van der Waals surface area contributed by atoms with Gasteiger partial charge in [-0.15, -0.1) is 0 Å². The molecule has 1 heterocycles. The molecule has 1 aliphatic rings. The van der Waals surface area contributed by atoms with Crippen LogP contribution in [0.1, 0.15) is 9.78 Å². The third-order valence-corrected chi connectivity index (χ3v) is 3.15. The zero-order valence-corrected chi connectivity index (χ0v) is 10.7. The molecule has 0 aromatic rings. The third-order valence-electron chi connectivity index (χ3n) is 1.99. The first-order chi connectivity index (χ1) is 5.52. The largest absolute Gasteiger partial charge is 2.00 e. The van der Waals surface area contributed by atoms with Crippen molar-refractivity contribution in [3.63, 3.8) is 0 Å². The molecule has 13 heavy (non-hydrogen) atoms. The van der Waals surface area contributed by atoms with Crippen molar-refractivity contribution < 1.29 is 20.6 Å². The molecule has 0 radical (unpaired) electrons. The molecule has 0 aromatic heterocycles. The van der Waals surface area contributed by atoms with E-state index in [1.54, 1.807) is 4.90 Å². The van der Waals surface area contributed by atoms with Crippen LogP contribution in [-0.2, 0) is 14.9 Å². The van der Waals surface area contributed by atoms with Crippen LogP contribution in [0.5, 0.6) is 0 Å². The van der Waals surface area contributed by atoms with Crippen LogP contribution < -0.4 is 0 Å². The van der Waals surface area contributed by atoms with Gasteiger partial charge in [-0.2, -0.15) is 8.42 Å². The van der Waals surface area contributed by atoms with Gasteiger partial charge in [-0.05, 0) is 6.92 Å². The average Bonchev–Trinajstić information content (AvgIpc) is 2.03. The predicted molar refractivity (Wildman–Crippen MR) is 51.4 cm³/mol. The van der Waals surface area contributed by atoms with Gasteiger partial charge in [0.1, 0.15) is 5.37 Å². The summed E-state index contributed by atoms with van der Waals surface area (Å²) in [6.07, 6.45) is 0. The number of ether oxygens (including phenoxy) is 1. The van der Waals surface area contributed by atoms with Crippen molar-refractivity contribution in [1.82, 2.24) is 4.90 Å². The number of morpholine rings is 1. The maximum atomic E-state index is 10.7. The topological polar surface area (TPSA) is 66.8 Å². The van der Waals surface area contributed by atoms with Crippen LogP contribution in [0, 0.1) is 0 Å². The summed E-state index contributed by atoms with van der Waals surface area (Å²) >= 11 is 0. The molecule has 0 spiro atoms. The summed E-state index contributed by atoms with van der Waals surface area (Å²) in [5.74, 6) is 0. The summed E-state index contributed by atoms with van der Waals surface area (Å²) in [7, 11) is -3.93. The molecule has 0 saturated carbocycles. The summed E-state index contributed by atoms with van der Waals surface area (Å²) in [5, 5.41) is -0.818. The second-order valence-electron chi connectivity index (χ2n) is 2.76. The Labute approximate surface area is 111 Å². The van der Waals surface area contributed by atoms with Crippen molar-refractivity contribution in [1.29, 1.82) is 0 Å². The van der Waals surface area contributed by atoms with E-state index in [9.17, 15) is 8.42 Å². The van der Waals surface area contributed by atoms with E-state index >= 15 is 0 Å². The summed E-state index contributed by atoms with van der Waals surface area (Å²) in [5.41, 5.74) is 0. The molecule has 0 bridgehead atoms. The van der Waals surface area contributed by atoms with Gasteiger partial charge >= 0.3 is 37.7 Å². The zero-order valence-electron chi connectivity index (χ0n) is 9.64. The minimum Gasteiger partial charge on any atom is -1.00 e. The SMILES string of the molecule is CC(N1CCOCC1)S(=O)(=O)O.[Ca+2].[H-].[H-]. The molecule has 0 aromatic carbocycles. The van der Waals surface area contributed by atoms with E-state index in [2.05, 4.69) is 0 Å². The quantitative estimate of drug-likeness (QED) is 0.513. The Balaban J connectivity index is -0.000000480. The molecule has 1 atom stereocenters. The minimum atomic E-state index is -3.93. The Morgan fingerprint density at radius 3 is 2.31 bits per heavy atom. The Morgan fingerprint density at radius 1 is 1.46 bits per heavy atom. The summed E-state index contributed by atoms with van der Waals surface area (Å²) in [4.78, 5) is 1.68. The van der Waals surface area contributed by atoms with Crippen LogP contribution in [-0.4, -0.2) is 87.3 Å². The number of hydrogen-bond acceptors (Lipinski definition) is 4. The summed E-state index contributed by atoms with van der Waals surface area (Å²) in [6.45, 7) is 3.64. The van der Waals surface area contributed by atoms with E-state index < -0.39 is 15.5 Å². The maximum absolute atomic E-state index is 10.7. The second-order valence-corrected chi connectivity index (χ2v) is 4.47. The van der Waals surface area contributed by atoms with Crippen LogP contribution in [0.15, 0.2) is 0 Å². The molecule has 5 nitrogen and oxygen atoms in total. The van der Waals surface area contributed by atoms with Gasteiger partial charge < -0.3 is 7.59 Å². The van der Waals surface area contributed by atoms with Gasteiger partial charge in [0, 0.05) is 13.1 Å². The molecule has 1 N–H and O–H groups in total. The Morgan fingerprint density at radius 2 is 1.92 bits per heavy atom. The Bertz CT molecular complexity index is 246. The predicted octanol–water partition coefficient (Wildman–Crippen LogP) is -0.603. The first-order valence-corrected chi connectivity index (χ1v) is 5.30. The van der Waals surface area contributed by atoms with E-state index in [1.165, 1.54) is 6.92 Å². The molecule has 1 fully saturated rings. The fraction of sp³-hybridized carbons (Fsp3) is 1.00. The molecule has 1 saturated heterocycles. The van der Waals surface area contributed by atoms with E-state index in [1.807, 2.05) is 0 Å². The second kappa shape index (κ2) is 5.85. The number of nitrogens with zero attached hydrogens (tertiary/aromatic N) is 1.